The van der Waals surface area contributed by atoms with E-state index in [4.69, 9.17) is 0 Å². The van der Waals surface area contributed by atoms with Gasteiger partial charge in [-0.3, -0.25) is 14.9 Å². The van der Waals surface area contributed by atoms with Crippen molar-refractivity contribution in [2.75, 3.05) is 7.11 Å². The van der Waals surface area contributed by atoms with Crippen LogP contribution >= 0.6 is 0 Å². The minimum Gasteiger partial charge on any atom is -0.465 e. The fourth-order valence-corrected chi connectivity index (χ4v) is 1.07. The molecule has 0 saturated carbocycles. The number of aryl methyl sites for hydroxylation is 1. The predicted molar refractivity (Wildman–Crippen MR) is 49.7 cm³/mol. The molecule has 0 amide bonds. The van der Waals surface area contributed by atoms with E-state index in [1.54, 1.807) is 0 Å². The predicted octanol–water partition coefficient (Wildman–Crippen LogP) is 0.0801. The lowest BCUT2D eigenvalue weighted by atomic mass is 10.2. The number of carbonyl (C=O) groups is 1. The maximum Gasteiger partial charge on any atom is 0.343 e. The zero-order valence-corrected chi connectivity index (χ0v) is 8.09. The minimum absolute atomic E-state index is 0.353. The molecule has 15 heavy (non-hydrogen) atoms. The fraction of sp³-hybridized carbons (Fsp3) is 0.250. The van der Waals surface area contributed by atoms with E-state index in [9.17, 15) is 19.7 Å². The number of rotatable bonds is 2. The molecule has 7 nitrogen and oxygen atoms in total. The monoisotopic (exact) mass is 212 g/mol. The van der Waals surface area contributed by atoms with Crippen molar-refractivity contribution in [2.24, 2.45) is 7.05 Å². The van der Waals surface area contributed by atoms with Crippen LogP contribution in [0.4, 0.5) is 5.69 Å². The molecule has 0 atom stereocenters. The van der Waals surface area contributed by atoms with Gasteiger partial charge in [0.1, 0.15) is 5.56 Å². The number of nitro groups is 1. The van der Waals surface area contributed by atoms with Gasteiger partial charge in [0, 0.05) is 13.2 Å². The van der Waals surface area contributed by atoms with Crippen LogP contribution in [0, 0.1) is 10.1 Å². The molecule has 1 aromatic rings. The van der Waals surface area contributed by atoms with Crippen LogP contribution in [0.2, 0.25) is 0 Å². The van der Waals surface area contributed by atoms with Gasteiger partial charge in [-0.1, -0.05) is 0 Å². The van der Waals surface area contributed by atoms with Crippen molar-refractivity contribution < 1.29 is 14.5 Å². The molecule has 0 aliphatic rings. The maximum absolute atomic E-state index is 11.4. The summed E-state index contributed by atoms with van der Waals surface area (Å²) in [5.74, 6) is -0.890. The minimum atomic E-state index is -0.940. The average Bonchev–Trinajstić information content (AvgIpc) is 2.19. The Bertz CT molecular complexity index is 476. The molecule has 1 aromatic heterocycles. The van der Waals surface area contributed by atoms with Crippen LogP contribution in [0.3, 0.4) is 0 Å². The Morgan fingerprint density at radius 3 is 2.60 bits per heavy atom. The molecule has 0 N–H and O–H groups in total. The number of methoxy groups -OCH3 is 1. The van der Waals surface area contributed by atoms with Gasteiger partial charge in [-0.25, -0.2) is 4.79 Å². The lowest BCUT2D eigenvalue weighted by molar-refractivity contribution is -0.386. The van der Waals surface area contributed by atoms with Crippen LogP contribution < -0.4 is 5.43 Å². The standard InChI is InChI=1S/C8H8N2O5/c1-9-3-5(8(12)15-2)7(11)6(4-9)10(13)14/h3-4H,1-2H3. The summed E-state index contributed by atoms with van der Waals surface area (Å²) in [5.41, 5.74) is -1.94. The molecule has 7 heteroatoms. The van der Waals surface area contributed by atoms with E-state index in [1.165, 1.54) is 17.8 Å². The van der Waals surface area contributed by atoms with Gasteiger partial charge in [-0.05, 0) is 0 Å². The summed E-state index contributed by atoms with van der Waals surface area (Å²) < 4.78 is 5.59. The number of ether oxygens (including phenoxy) is 1. The number of esters is 1. The SMILES string of the molecule is COC(=O)c1cn(C)cc([N+](=O)[O-])c1=O. The Morgan fingerprint density at radius 1 is 1.53 bits per heavy atom. The smallest absolute Gasteiger partial charge is 0.343 e. The van der Waals surface area contributed by atoms with Crippen LogP contribution in [0.15, 0.2) is 17.2 Å². The van der Waals surface area contributed by atoms with Crippen LogP contribution in [0.5, 0.6) is 0 Å². The molecule has 0 aliphatic heterocycles. The first kappa shape index (κ1) is 10.9. The second-order valence-corrected chi connectivity index (χ2v) is 2.80. The first-order valence-corrected chi connectivity index (χ1v) is 3.90. The van der Waals surface area contributed by atoms with E-state index in [2.05, 4.69) is 4.74 Å². The summed E-state index contributed by atoms with van der Waals surface area (Å²) in [7, 11) is 2.57. The van der Waals surface area contributed by atoms with Gasteiger partial charge in [0.05, 0.1) is 18.2 Å². The summed E-state index contributed by atoms with van der Waals surface area (Å²) in [4.78, 5) is 32.1. The summed E-state index contributed by atoms with van der Waals surface area (Å²) in [6.07, 6.45) is 2.22. The molecule has 1 heterocycles. The van der Waals surface area contributed by atoms with Gasteiger partial charge < -0.3 is 9.30 Å². The van der Waals surface area contributed by atoms with Crippen LogP contribution in [0.25, 0.3) is 0 Å². The first-order chi connectivity index (χ1) is 6.97. The zero-order chi connectivity index (χ0) is 11.6. The molecule has 80 valence electrons. The first-order valence-electron chi connectivity index (χ1n) is 3.90. The molecule has 0 spiro atoms. The van der Waals surface area contributed by atoms with Gasteiger partial charge in [0.25, 0.3) is 5.43 Å². The molecule has 0 fully saturated rings. The Kier molecular flexibility index (Phi) is 2.84. The molecule has 1 rings (SSSR count). The fourth-order valence-electron chi connectivity index (χ4n) is 1.07. The molecule has 0 bridgehead atoms. The Morgan fingerprint density at radius 2 is 2.13 bits per heavy atom. The number of hydrogen-bond acceptors (Lipinski definition) is 5. The third-order valence-electron chi connectivity index (χ3n) is 1.74. The van der Waals surface area contributed by atoms with Crippen LogP contribution in [0.1, 0.15) is 10.4 Å². The van der Waals surface area contributed by atoms with E-state index < -0.39 is 22.0 Å². The summed E-state index contributed by atoms with van der Waals surface area (Å²) in [6, 6.07) is 0. The molecule has 0 saturated heterocycles. The van der Waals surface area contributed by atoms with Gasteiger partial charge in [0.15, 0.2) is 0 Å². The lowest BCUT2D eigenvalue weighted by Crippen LogP contribution is -2.20. The highest BCUT2D eigenvalue weighted by Crippen LogP contribution is 2.05. The Labute approximate surface area is 84.0 Å². The van der Waals surface area contributed by atoms with Crippen LogP contribution in [-0.4, -0.2) is 22.6 Å². The van der Waals surface area contributed by atoms with Crippen molar-refractivity contribution in [3.8, 4) is 0 Å². The molecular weight excluding hydrogens is 204 g/mol. The van der Waals surface area contributed by atoms with Crippen molar-refractivity contribution in [3.05, 3.63) is 38.3 Å². The van der Waals surface area contributed by atoms with Gasteiger partial charge in [0.2, 0.25) is 0 Å². The second-order valence-electron chi connectivity index (χ2n) is 2.80. The third-order valence-corrected chi connectivity index (χ3v) is 1.74. The van der Waals surface area contributed by atoms with Crippen molar-refractivity contribution in [1.82, 2.24) is 4.57 Å². The Balaban J connectivity index is 3.48. The number of carbonyl (C=O) groups excluding carboxylic acids is 1. The van der Waals surface area contributed by atoms with Gasteiger partial charge in [-0.2, -0.15) is 0 Å². The highest BCUT2D eigenvalue weighted by atomic mass is 16.6. The van der Waals surface area contributed by atoms with Crippen molar-refractivity contribution in [3.63, 3.8) is 0 Å². The van der Waals surface area contributed by atoms with E-state index >= 15 is 0 Å². The highest BCUT2D eigenvalue weighted by molar-refractivity contribution is 5.89. The van der Waals surface area contributed by atoms with E-state index in [-0.39, 0.29) is 5.56 Å². The van der Waals surface area contributed by atoms with Gasteiger partial charge in [-0.15, -0.1) is 0 Å². The summed E-state index contributed by atoms with van der Waals surface area (Å²) in [5, 5.41) is 10.5. The molecular formula is C8H8N2O5. The van der Waals surface area contributed by atoms with E-state index in [0.29, 0.717) is 0 Å². The van der Waals surface area contributed by atoms with Crippen molar-refractivity contribution in [2.45, 2.75) is 0 Å². The number of aromatic nitrogens is 1. The average molecular weight is 212 g/mol. The molecule has 0 unspecified atom stereocenters. The number of pyridine rings is 1. The molecule has 0 aliphatic carbocycles. The van der Waals surface area contributed by atoms with Crippen molar-refractivity contribution >= 4 is 11.7 Å². The normalized spacial score (nSPS) is 9.73. The highest BCUT2D eigenvalue weighted by Gasteiger charge is 2.21. The molecule has 0 aromatic carbocycles. The quantitative estimate of drug-likeness (QED) is 0.393. The second kappa shape index (κ2) is 3.91. The molecule has 0 radical (unpaired) electrons. The lowest BCUT2D eigenvalue weighted by Gasteiger charge is -2.01. The van der Waals surface area contributed by atoms with Gasteiger partial charge >= 0.3 is 11.7 Å². The zero-order valence-electron chi connectivity index (χ0n) is 8.09. The number of nitrogens with zero attached hydrogens (tertiary/aromatic N) is 2. The topological polar surface area (TPSA) is 91.4 Å². The number of hydrogen-bond donors (Lipinski definition) is 0. The largest absolute Gasteiger partial charge is 0.465 e. The maximum atomic E-state index is 11.4. The van der Waals surface area contributed by atoms with Crippen molar-refractivity contribution in [1.29, 1.82) is 0 Å². The third kappa shape index (κ3) is 2.01. The van der Waals surface area contributed by atoms with E-state index in [1.807, 2.05) is 0 Å². The van der Waals surface area contributed by atoms with Crippen LogP contribution in [-0.2, 0) is 11.8 Å². The van der Waals surface area contributed by atoms with E-state index in [0.717, 1.165) is 13.3 Å². The summed E-state index contributed by atoms with van der Waals surface area (Å²) >= 11 is 0. The summed E-state index contributed by atoms with van der Waals surface area (Å²) in [6.45, 7) is 0. The Hall–Kier alpha value is -2.18.